The molecule has 0 aromatic carbocycles. The summed E-state index contributed by atoms with van der Waals surface area (Å²) in [6.45, 7) is 8.18. The van der Waals surface area contributed by atoms with Crippen molar-refractivity contribution in [3.05, 3.63) is 22.3 Å². The normalized spacial score (nSPS) is 20.6. The van der Waals surface area contributed by atoms with Gasteiger partial charge in [0, 0.05) is 0 Å². The first-order chi connectivity index (χ1) is 5.46. The molecule has 14 heavy (non-hydrogen) atoms. The Morgan fingerprint density at radius 3 is 1.71 bits per heavy atom. The quantitative estimate of drug-likeness (QED) is 0.543. The van der Waals surface area contributed by atoms with Gasteiger partial charge in [0.25, 0.3) is 0 Å². The van der Waals surface area contributed by atoms with Gasteiger partial charge in [0.2, 0.25) is 0 Å². The Morgan fingerprint density at radius 2 is 1.57 bits per heavy atom. The maximum Gasteiger partial charge on any atom is -0.107 e. The topological polar surface area (TPSA) is 17.1 Å². The fourth-order valence-electron chi connectivity index (χ4n) is 1.66. The van der Waals surface area contributed by atoms with Gasteiger partial charge < -0.3 is 0 Å². The van der Waals surface area contributed by atoms with E-state index in [1.807, 2.05) is 6.92 Å². The Kier molecular flexibility index (Phi) is 8.31. The molecule has 0 radical (unpaired) electrons. The molecule has 0 aromatic heterocycles. The Bertz CT molecular complexity index is 305. The summed E-state index contributed by atoms with van der Waals surface area (Å²) in [6, 6.07) is 0. The molecule has 0 bridgehead atoms. The van der Waals surface area contributed by atoms with E-state index < -0.39 is 0 Å². The van der Waals surface area contributed by atoms with Gasteiger partial charge in [0.1, 0.15) is 0 Å². The number of hydrogen-bond acceptors (Lipinski definition) is 1. The number of hydrogen-bond donors (Lipinski definition) is 0. The first kappa shape index (κ1) is 17.5. The molecule has 1 nitrogen and oxygen atoms in total. The van der Waals surface area contributed by atoms with Crippen LogP contribution in [0.3, 0.4) is 0 Å². The van der Waals surface area contributed by atoms with E-state index in [2.05, 4.69) is 36.5 Å². The van der Waals surface area contributed by atoms with Crippen molar-refractivity contribution in [2.75, 3.05) is 0 Å². The molecule has 0 saturated heterocycles. The van der Waals surface area contributed by atoms with Crippen molar-refractivity contribution in [3.63, 3.8) is 0 Å². The Balaban J connectivity index is 0. The van der Waals surface area contributed by atoms with Crippen LogP contribution in [0, 0.1) is 5.92 Å². The summed E-state index contributed by atoms with van der Waals surface area (Å²) >= 11 is 3.92. The van der Waals surface area contributed by atoms with Crippen molar-refractivity contribution >= 4 is 52.7 Å². The molecule has 1 rings (SSSR count). The molecule has 0 amide bonds. The van der Waals surface area contributed by atoms with Crippen LogP contribution in [0.15, 0.2) is 22.3 Å². The minimum absolute atomic E-state index is 0. The maximum absolute atomic E-state index is 11.1. The number of carbonyl (C=O) groups is 1. The molecule has 1 unspecified atom stereocenters. The fourth-order valence-corrected chi connectivity index (χ4v) is 2.08. The summed E-state index contributed by atoms with van der Waals surface area (Å²) < 4.78 is -0.0938. The molecular weight excluding hydrogens is 449 g/mol. The summed E-state index contributed by atoms with van der Waals surface area (Å²) in [4.78, 5) is 11.1. The van der Waals surface area contributed by atoms with Crippen molar-refractivity contribution in [3.8, 4) is 0 Å². The second kappa shape index (κ2) is 6.65. The molecule has 84 valence electrons. The van der Waals surface area contributed by atoms with Crippen LogP contribution < -0.4 is 0 Å². The molecule has 0 aliphatic heterocycles. The van der Waals surface area contributed by atoms with Gasteiger partial charge in [0.15, 0.2) is 0 Å². The summed E-state index contributed by atoms with van der Waals surface area (Å²) in [6.07, 6.45) is 0. The van der Waals surface area contributed by atoms with Crippen LogP contribution in [-0.4, -0.2) is 4.72 Å². The standard InChI is InChI=1S/C10H13O.Co.2HI/c1-6-7(2)9(4)10(5-11)8(6)3;;;/h8H,1-4H3;;2*1H. The molecule has 1 atom stereocenters. The second-order valence-corrected chi connectivity index (χ2v) is 3.79. The Labute approximate surface area is 128 Å². The number of carbonyl (C=O) groups excluding carboxylic acids is 1. The van der Waals surface area contributed by atoms with Gasteiger partial charge in [-0.15, -0.1) is 48.0 Å². The predicted molar refractivity (Wildman–Crippen MR) is 76.1 cm³/mol. The molecule has 0 spiro atoms. The van der Waals surface area contributed by atoms with Gasteiger partial charge in [0.05, 0.1) is 0 Å². The Hall–Kier alpha value is 1.12. The third kappa shape index (κ3) is 3.05. The summed E-state index contributed by atoms with van der Waals surface area (Å²) in [5.74, 6) is 0.258. The van der Waals surface area contributed by atoms with Crippen LogP contribution in [0.1, 0.15) is 27.7 Å². The molecular formula is C10H15CoI2O. The van der Waals surface area contributed by atoms with E-state index in [1.165, 1.54) is 11.1 Å². The van der Waals surface area contributed by atoms with E-state index in [-0.39, 0.29) is 58.6 Å². The largest absolute Gasteiger partial charge is 0.107 e. The maximum atomic E-state index is 11.1. The zero-order chi connectivity index (χ0) is 9.46. The molecule has 0 aromatic rings. The zero-order valence-electron chi connectivity index (χ0n) is 8.64. The van der Waals surface area contributed by atoms with Crippen molar-refractivity contribution < 1.29 is 20.5 Å². The summed E-state index contributed by atoms with van der Waals surface area (Å²) in [7, 11) is 0. The summed E-state index contributed by atoms with van der Waals surface area (Å²) in [5.41, 5.74) is 4.52. The van der Waals surface area contributed by atoms with Crippen molar-refractivity contribution in [2.24, 2.45) is 5.92 Å². The molecule has 4 heteroatoms. The van der Waals surface area contributed by atoms with Gasteiger partial charge in [-0.1, -0.05) is 0 Å². The number of rotatable bonds is 1. The Morgan fingerprint density at radius 1 is 1.14 bits per heavy atom. The second-order valence-electron chi connectivity index (χ2n) is 3.32. The fraction of sp³-hybridized carbons (Fsp3) is 0.500. The van der Waals surface area contributed by atoms with Crippen LogP contribution in [0.2, 0.25) is 0 Å². The van der Waals surface area contributed by atoms with Crippen molar-refractivity contribution in [1.29, 1.82) is 0 Å². The average molecular weight is 464 g/mol. The first-order valence-corrected chi connectivity index (χ1v) is 4.55. The van der Waals surface area contributed by atoms with Gasteiger partial charge in [-0.05, 0) is 0 Å². The monoisotopic (exact) mass is 464 g/mol. The van der Waals surface area contributed by atoms with Crippen molar-refractivity contribution in [2.45, 2.75) is 27.7 Å². The van der Waals surface area contributed by atoms with E-state index in [0.717, 1.165) is 11.1 Å². The van der Waals surface area contributed by atoms with Gasteiger partial charge in [-0.3, -0.25) is 0 Å². The number of halogens is 2. The minimum atomic E-state index is -0.0938. The third-order valence-electron chi connectivity index (χ3n) is 2.84. The van der Waals surface area contributed by atoms with Crippen LogP contribution in [0.4, 0.5) is 0 Å². The van der Waals surface area contributed by atoms with Crippen LogP contribution >= 0.6 is 48.0 Å². The molecule has 1 aliphatic carbocycles. The zero-order valence-corrected chi connectivity index (χ0v) is 14.3. The third-order valence-corrected chi connectivity index (χ3v) is 3.12. The predicted octanol–water partition coefficient (Wildman–Crippen LogP) is 3.60. The van der Waals surface area contributed by atoms with E-state index in [1.54, 1.807) is 0 Å². The average Bonchev–Trinajstić information content (AvgIpc) is 2.16. The van der Waals surface area contributed by atoms with Gasteiger partial charge in [-0.25, -0.2) is 0 Å². The van der Waals surface area contributed by atoms with Gasteiger partial charge in [-0.2, -0.15) is 0 Å². The van der Waals surface area contributed by atoms with E-state index in [0.29, 0.717) is 0 Å². The molecule has 0 heterocycles. The van der Waals surface area contributed by atoms with E-state index in [4.69, 9.17) is 0 Å². The van der Waals surface area contributed by atoms with Crippen LogP contribution in [0.5, 0.6) is 0 Å². The van der Waals surface area contributed by atoms with Crippen LogP contribution in [0.25, 0.3) is 0 Å². The molecule has 0 fully saturated rings. The SMILES string of the molecule is CC1=C(C)C(C)C([C](=O)[Co])=C1C.I.I. The van der Waals surface area contributed by atoms with Crippen molar-refractivity contribution in [1.82, 2.24) is 0 Å². The summed E-state index contributed by atoms with van der Waals surface area (Å²) in [5, 5.41) is 0. The van der Waals surface area contributed by atoms with E-state index >= 15 is 0 Å². The molecule has 1 aliphatic rings. The van der Waals surface area contributed by atoms with Gasteiger partial charge >= 0.3 is 81.2 Å². The van der Waals surface area contributed by atoms with Crippen LogP contribution in [-0.2, 0) is 20.5 Å². The molecule has 0 N–H and O–H groups in total. The minimum Gasteiger partial charge on any atom is -0.107 e. The molecule has 0 saturated carbocycles. The first-order valence-electron chi connectivity index (χ1n) is 4.03. The number of allylic oxidation sites excluding steroid dienone is 4. The van der Waals surface area contributed by atoms with E-state index in [9.17, 15) is 4.79 Å². The smallest absolute Gasteiger partial charge is 0.107 e.